The van der Waals surface area contributed by atoms with Crippen molar-refractivity contribution in [2.24, 2.45) is 0 Å². The van der Waals surface area contributed by atoms with Crippen LogP contribution in [0, 0.1) is 0 Å². The topological polar surface area (TPSA) is 18.5 Å². The molecular weight excluding hydrogens is 346 g/mol. The Balaban J connectivity index is 0.00000168. The molecule has 0 spiro atoms. The van der Waals surface area contributed by atoms with Gasteiger partial charge in [0.05, 0.1) is 0 Å². The van der Waals surface area contributed by atoms with Crippen LogP contribution in [0.2, 0.25) is 0 Å². The summed E-state index contributed by atoms with van der Waals surface area (Å²) in [5.74, 6) is 2.68. The van der Waals surface area contributed by atoms with Crippen LogP contribution in [0.3, 0.4) is 0 Å². The van der Waals surface area contributed by atoms with Crippen LogP contribution in [0.15, 0.2) is 47.5 Å². The van der Waals surface area contributed by atoms with Crippen LogP contribution in [-0.2, 0) is 4.74 Å². The minimum absolute atomic E-state index is 0. The summed E-state index contributed by atoms with van der Waals surface area (Å²) in [6.07, 6.45) is 8.29. The molecule has 1 aromatic rings. The van der Waals surface area contributed by atoms with Crippen molar-refractivity contribution in [3.8, 4) is 5.75 Å². The summed E-state index contributed by atoms with van der Waals surface area (Å²) in [6.45, 7) is 9.86. The molecule has 5 rings (SSSR count). The quantitative estimate of drug-likeness (QED) is 0.510. The molecule has 0 radical (unpaired) electrons. The average molecular weight is 374 g/mol. The van der Waals surface area contributed by atoms with Gasteiger partial charge in [-0.2, -0.15) is 0 Å². The molecule has 0 aromatic heterocycles. The van der Waals surface area contributed by atoms with Crippen molar-refractivity contribution in [1.82, 2.24) is 0 Å². The third-order valence-electron chi connectivity index (χ3n) is 5.89. The van der Waals surface area contributed by atoms with Crippen LogP contribution in [0.5, 0.6) is 5.75 Å². The molecule has 1 aromatic carbocycles. The predicted molar refractivity (Wildman–Crippen MR) is 109 cm³/mol. The summed E-state index contributed by atoms with van der Waals surface area (Å²) >= 11 is 0. The highest BCUT2D eigenvalue weighted by molar-refractivity contribution is 7.71. The molecule has 4 heteroatoms. The Bertz CT molecular complexity index is 799. The first-order chi connectivity index (χ1) is 11.9. The summed E-state index contributed by atoms with van der Waals surface area (Å²) in [5.41, 5.74) is 0. The number of allylic oxidation sites excluding steroid dienone is 3. The van der Waals surface area contributed by atoms with Crippen LogP contribution >= 0.6 is 15.8 Å². The number of hydrogen-bond acceptors (Lipinski definition) is 2. The van der Waals surface area contributed by atoms with Crippen LogP contribution in [0.25, 0.3) is 0 Å². The lowest BCUT2D eigenvalue weighted by Gasteiger charge is -2.38. The monoisotopic (exact) mass is 374 g/mol. The van der Waals surface area contributed by atoms with Gasteiger partial charge in [0.1, 0.15) is 11.5 Å². The lowest BCUT2D eigenvalue weighted by Crippen LogP contribution is -2.32. The molecule has 3 aliphatic heterocycles. The van der Waals surface area contributed by atoms with Crippen LogP contribution in [-0.4, -0.2) is 22.0 Å². The Kier molecular flexibility index (Phi) is 3.49. The molecule has 0 saturated carbocycles. The van der Waals surface area contributed by atoms with Gasteiger partial charge in [0.15, 0.2) is 11.7 Å². The van der Waals surface area contributed by atoms with Gasteiger partial charge in [0.25, 0.3) is 0 Å². The molecule has 0 bridgehead atoms. The fourth-order valence-corrected chi connectivity index (χ4v) is 13.0. The van der Waals surface area contributed by atoms with Gasteiger partial charge in [-0.1, -0.05) is 52.0 Å². The van der Waals surface area contributed by atoms with Crippen molar-refractivity contribution in [3.05, 3.63) is 47.5 Å². The highest BCUT2D eigenvalue weighted by Gasteiger charge is 2.60. The van der Waals surface area contributed by atoms with E-state index in [1.807, 2.05) is 0 Å². The zero-order valence-corrected chi connectivity index (χ0v) is 17.2. The Morgan fingerprint density at radius 3 is 2.44 bits per heavy atom. The fourth-order valence-electron chi connectivity index (χ4n) is 5.30. The molecule has 4 atom stereocenters. The van der Waals surface area contributed by atoms with Gasteiger partial charge in [-0.3, -0.25) is 0 Å². The number of hydrogen-bond donors (Lipinski definition) is 0. The predicted octanol–water partition coefficient (Wildman–Crippen LogP) is 6.12. The van der Waals surface area contributed by atoms with Gasteiger partial charge in [0.2, 0.25) is 0 Å². The highest BCUT2D eigenvalue weighted by atomic mass is 31.1. The summed E-state index contributed by atoms with van der Waals surface area (Å²) in [6, 6.07) is 8.71. The van der Waals surface area contributed by atoms with E-state index in [1.54, 1.807) is 0 Å². The van der Waals surface area contributed by atoms with Crippen molar-refractivity contribution in [3.63, 3.8) is 0 Å². The Hall–Kier alpha value is -0.840. The third kappa shape index (κ3) is 2.30. The molecule has 2 saturated heterocycles. The van der Waals surface area contributed by atoms with E-state index in [9.17, 15) is 0 Å². The van der Waals surface area contributed by atoms with Gasteiger partial charge < -0.3 is 9.47 Å². The number of fused-ring (bicyclic) bond motifs is 7. The molecule has 1 unspecified atom stereocenters. The van der Waals surface area contributed by atoms with E-state index >= 15 is 0 Å². The molecule has 25 heavy (non-hydrogen) atoms. The summed E-state index contributed by atoms with van der Waals surface area (Å²) in [5, 5.41) is 3.49. The van der Waals surface area contributed by atoms with E-state index in [4.69, 9.17) is 9.47 Å². The molecule has 2 fully saturated rings. The second-order valence-electron chi connectivity index (χ2n) is 8.76. The van der Waals surface area contributed by atoms with Crippen LogP contribution < -0.4 is 10.0 Å². The van der Waals surface area contributed by atoms with Gasteiger partial charge in [0, 0.05) is 12.0 Å². The van der Waals surface area contributed by atoms with Crippen molar-refractivity contribution in [2.45, 2.75) is 69.0 Å². The van der Waals surface area contributed by atoms with E-state index in [2.05, 4.69) is 64.1 Å². The van der Waals surface area contributed by atoms with Crippen LogP contribution in [0.4, 0.5) is 0 Å². The zero-order chi connectivity index (χ0) is 17.4. The third-order valence-corrected chi connectivity index (χ3v) is 12.6. The average Bonchev–Trinajstić information content (AvgIpc) is 3.11. The number of ether oxygens (including phenoxy) is 2. The number of benzene rings is 1. The smallest absolute Gasteiger partial charge is 0.162 e. The molecule has 2 nitrogen and oxygen atoms in total. The molecule has 4 aliphatic rings. The van der Waals surface area contributed by atoms with Crippen LogP contribution in [0.1, 0.15) is 48.4 Å². The molecule has 134 valence electrons. The Morgan fingerprint density at radius 2 is 1.60 bits per heavy atom. The lowest BCUT2D eigenvalue weighted by atomic mass is 9.99. The van der Waals surface area contributed by atoms with Gasteiger partial charge in [-0.05, 0) is 57.6 Å². The number of para-hydroxylation sites is 1. The standard InChI is InChI=1S/C21H26O2P2.H2/c1-20(2)13-21(3,4)25-17-12-8-6-10-15(17)23-19(25)18-22-14-9-5-7-11-16(14)24(18)20;/h5,7,9-12,18-19H,6,8,13H2,1-4H3;1H/t18-,19?,24+,25+;/m0./s1. The van der Waals surface area contributed by atoms with Crippen molar-refractivity contribution < 1.29 is 10.9 Å². The van der Waals surface area contributed by atoms with Crippen molar-refractivity contribution >= 4 is 21.1 Å². The van der Waals surface area contributed by atoms with E-state index in [0.29, 0.717) is 0 Å². The first-order valence-corrected chi connectivity index (χ1v) is 12.1. The summed E-state index contributed by atoms with van der Waals surface area (Å²) in [7, 11) is -0.787. The molecule has 1 aliphatic carbocycles. The maximum Gasteiger partial charge on any atom is 0.162 e. The molecular formula is C21H28O2P2. The lowest BCUT2D eigenvalue weighted by molar-refractivity contribution is 0.124. The Morgan fingerprint density at radius 1 is 0.920 bits per heavy atom. The second-order valence-corrected chi connectivity index (χ2v) is 14.6. The van der Waals surface area contributed by atoms with E-state index in [0.717, 1.165) is 18.6 Å². The molecule has 0 N–H and O–H groups in total. The van der Waals surface area contributed by atoms with E-state index in [1.165, 1.54) is 22.8 Å². The maximum absolute atomic E-state index is 6.64. The normalized spacial score (nSPS) is 36.5. The number of rotatable bonds is 0. The highest BCUT2D eigenvalue weighted by Crippen LogP contribution is 2.78. The first-order valence-electron chi connectivity index (χ1n) is 9.30. The summed E-state index contributed by atoms with van der Waals surface area (Å²) < 4.78 is 13.2. The second kappa shape index (κ2) is 5.34. The van der Waals surface area contributed by atoms with E-state index in [-0.39, 0.29) is 31.4 Å². The van der Waals surface area contributed by atoms with E-state index < -0.39 is 7.92 Å². The maximum atomic E-state index is 6.64. The first kappa shape index (κ1) is 16.3. The SMILES string of the molecule is CC1(C)CC(C)(C)[P@]2c3ccccc3O[C@@H]2C2OC3=CCCC=C3[P@]21.[HH]. The van der Waals surface area contributed by atoms with Crippen molar-refractivity contribution in [2.75, 3.05) is 0 Å². The minimum atomic E-state index is -0.409. The Labute approximate surface area is 154 Å². The van der Waals surface area contributed by atoms with Gasteiger partial charge >= 0.3 is 0 Å². The zero-order valence-electron chi connectivity index (χ0n) is 15.5. The minimum Gasteiger partial charge on any atom is -0.481 e. The van der Waals surface area contributed by atoms with Gasteiger partial charge in [-0.25, -0.2) is 0 Å². The molecule has 0 amide bonds. The molecule has 3 heterocycles. The van der Waals surface area contributed by atoms with Crippen molar-refractivity contribution in [1.29, 1.82) is 0 Å². The summed E-state index contributed by atoms with van der Waals surface area (Å²) in [4.78, 5) is 0. The largest absolute Gasteiger partial charge is 0.481 e. The van der Waals surface area contributed by atoms with Gasteiger partial charge in [-0.15, -0.1) is 0 Å². The fraction of sp³-hybridized carbons (Fsp3) is 0.524.